The van der Waals surface area contributed by atoms with Crippen molar-refractivity contribution in [1.82, 2.24) is 0 Å². The van der Waals surface area contributed by atoms with E-state index in [0.29, 0.717) is 17.1 Å². The van der Waals surface area contributed by atoms with Gasteiger partial charge in [-0.3, -0.25) is 4.79 Å². The molecule has 1 aliphatic heterocycles. The first kappa shape index (κ1) is 8.24. The van der Waals surface area contributed by atoms with Crippen LogP contribution < -0.4 is 0 Å². The van der Waals surface area contributed by atoms with Crippen molar-refractivity contribution >= 4 is 5.78 Å². The Hall–Kier alpha value is -0.370. The molecule has 2 nitrogen and oxygen atoms in total. The molecule has 0 atom stereocenters. The molecule has 12 heavy (non-hydrogen) atoms. The molecule has 2 aliphatic rings. The van der Waals surface area contributed by atoms with Crippen molar-refractivity contribution in [2.24, 2.45) is 17.3 Å². The Balaban J connectivity index is 1.84. The molecule has 2 heteroatoms. The Morgan fingerprint density at radius 3 is 2.33 bits per heavy atom. The number of rotatable bonds is 2. The number of hydrogen-bond acceptors (Lipinski definition) is 2. The molecule has 1 saturated heterocycles. The summed E-state index contributed by atoms with van der Waals surface area (Å²) >= 11 is 0. The summed E-state index contributed by atoms with van der Waals surface area (Å²) in [6, 6.07) is 0. The lowest BCUT2D eigenvalue weighted by atomic mass is 9.58. The molecular weight excluding hydrogens is 152 g/mol. The fourth-order valence-electron chi connectivity index (χ4n) is 2.28. The van der Waals surface area contributed by atoms with Crippen LogP contribution in [0.5, 0.6) is 0 Å². The Bertz CT molecular complexity index is 196. The second-order valence-corrected chi connectivity index (χ2v) is 4.66. The van der Waals surface area contributed by atoms with Crippen molar-refractivity contribution in [3.05, 3.63) is 0 Å². The zero-order valence-corrected chi connectivity index (χ0v) is 7.80. The standard InChI is InChI=1S/C10H16O2/c1-7(2)9(11)8-3-10(4-8)5-12-6-10/h7-8H,3-6H2,1-2H3. The van der Waals surface area contributed by atoms with Crippen LogP contribution in [0.3, 0.4) is 0 Å². The predicted octanol–water partition coefficient (Wildman–Crippen LogP) is 1.64. The molecule has 68 valence electrons. The number of hydrogen-bond donors (Lipinski definition) is 0. The molecule has 0 aromatic rings. The number of carbonyl (C=O) groups is 1. The molecule has 0 radical (unpaired) electrons. The first-order valence-corrected chi connectivity index (χ1v) is 4.74. The molecular formula is C10H16O2. The molecule has 1 aliphatic carbocycles. The summed E-state index contributed by atoms with van der Waals surface area (Å²) in [6.07, 6.45) is 2.17. The Morgan fingerprint density at radius 1 is 1.42 bits per heavy atom. The van der Waals surface area contributed by atoms with Crippen molar-refractivity contribution in [3.63, 3.8) is 0 Å². The van der Waals surface area contributed by atoms with Crippen LogP contribution in [0, 0.1) is 17.3 Å². The van der Waals surface area contributed by atoms with Gasteiger partial charge in [0.05, 0.1) is 13.2 Å². The maximum Gasteiger partial charge on any atom is 0.138 e. The summed E-state index contributed by atoms with van der Waals surface area (Å²) in [5.41, 5.74) is 0.440. The van der Waals surface area contributed by atoms with Gasteiger partial charge in [0.25, 0.3) is 0 Å². The normalized spacial score (nSPS) is 26.9. The van der Waals surface area contributed by atoms with Crippen LogP contribution in [0.2, 0.25) is 0 Å². The highest BCUT2D eigenvalue weighted by molar-refractivity contribution is 5.83. The SMILES string of the molecule is CC(C)C(=O)C1CC2(COC2)C1. The van der Waals surface area contributed by atoms with Crippen molar-refractivity contribution in [1.29, 1.82) is 0 Å². The average Bonchev–Trinajstić information content (AvgIpc) is 1.80. The van der Waals surface area contributed by atoms with Crippen LogP contribution in [0.4, 0.5) is 0 Å². The van der Waals surface area contributed by atoms with Gasteiger partial charge in [-0.25, -0.2) is 0 Å². The Morgan fingerprint density at radius 2 is 2.00 bits per heavy atom. The summed E-state index contributed by atoms with van der Waals surface area (Å²) in [5, 5.41) is 0. The fourth-order valence-corrected chi connectivity index (χ4v) is 2.28. The molecule has 1 spiro atoms. The van der Waals surface area contributed by atoms with Crippen molar-refractivity contribution < 1.29 is 9.53 Å². The van der Waals surface area contributed by atoms with E-state index >= 15 is 0 Å². The van der Waals surface area contributed by atoms with E-state index in [1.165, 1.54) is 0 Å². The van der Waals surface area contributed by atoms with Gasteiger partial charge in [-0.2, -0.15) is 0 Å². The molecule has 1 heterocycles. The minimum absolute atomic E-state index is 0.216. The third-order valence-electron chi connectivity index (χ3n) is 3.15. The van der Waals surface area contributed by atoms with Crippen LogP contribution in [-0.4, -0.2) is 19.0 Å². The lowest BCUT2D eigenvalue weighted by molar-refractivity contribution is -0.184. The van der Waals surface area contributed by atoms with E-state index in [2.05, 4.69) is 0 Å². The van der Waals surface area contributed by atoms with Crippen LogP contribution >= 0.6 is 0 Å². The summed E-state index contributed by atoms with van der Waals surface area (Å²) in [7, 11) is 0. The van der Waals surface area contributed by atoms with E-state index in [4.69, 9.17) is 4.74 Å². The zero-order valence-electron chi connectivity index (χ0n) is 7.80. The second-order valence-electron chi connectivity index (χ2n) is 4.66. The number of ether oxygens (including phenoxy) is 1. The fraction of sp³-hybridized carbons (Fsp3) is 0.900. The van der Waals surface area contributed by atoms with Gasteiger partial charge < -0.3 is 4.74 Å². The highest BCUT2D eigenvalue weighted by atomic mass is 16.5. The molecule has 0 N–H and O–H groups in total. The first-order valence-electron chi connectivity index (χ1n) is 4.74. The Kier molecular flexibility index (Phi) is 1.76. The molecule has 1 saturated carbocycles. The molecule has 0 bridgehead atoms. The molecule has 2 fully saturated rings. The van der Waals surface area contributed by atoms with Gasteiger partial charge in [-0.15, -0.1) is 0 Å². The van der Waals surface area contributed by atoms with Crippen molar-refractivity contribution in [3.8, 4) is 0 Å². The monoisotopic (exact) mass is 168 g/mol. The summed E-state index contributed by atoms with van der Waals surface area (Å²) < 4.78 is 5.16. The summed E-state index contributed by atoms with van der Waals surface area (Å²) in [6.45, 7) is 5.78. The minimum atomic E-state index is 0.216. The smallest absolute Gasteiger partial charge is 0.138 e. The lowest BCUT2D eigenvalue weighted by Crippen LogP contribution is -2.54. The highest BCUT2D eigenvalue weighted by Gasteiger charge is 2.52. The Labute approximate surface area is 73.3 Å². The van der Waals surface area contributed by atoms with Gasteiger partial charge in [0, 0.05) is 17.3 Å². The van der Waals surface area contributed by atoms with Crippen LogP contribution in [0.15, 0.2) is 0 Å². The van der Waals surface area contributed by atoms with Gasteiger partial charge in [-0.05, 0) is 12.8 Å². The first-order chi connectivity index (χ1) is 5.63. The third-order valence-corrected chi connectivity index (χ3v) is 3.15. The van der Waals surface area contributed by atoms with E-state index in [0.717, 1.165) is 26.1 Å². The van der Waals surface area contributed by atoms with E-state index in [1.54, 1.807) is 0 Å². The van der Waals surface area contributed by atoms with Crippen LogP contribution in [0.1, 0.15) is 26.7 Å². The summed E-state index contributed by atoms with van der Waals surface area (Å²) in [5.74, 6) is 1.02. The van der Waals surface area contributed by atoms with E-state index in [1.807, 2.05) is 13.8 Å². The third kappa shape index (κ3) is 1.09. The molecule has 0 aromatic heterocycles. The topological polar surface area (TPSA) is 26.3 Å². The average molecular weight is 168 g/mol. The van der Waals surface area contributed by atoms with Gasteiger partial charge >= 0.3 is 0 Å². The number of ketones is 1. The maximum atomic E-state index is 11.5. The predicted molar refractivity (Wildman–Crippen MR) is 45.8 cm³/mol. The highest BCUT2D eigenvalue weighted by Crippen LogP contribution is 2.51. The maximum absolute atomic E-state index is 11.5. The van der Waals surface area contributed by atoms with Gasteiger partial charge in [0.15, 0.2) is 0 Å². The van der Waals surface area contributed by atoms with E-state index in [9.17, 15) is 4.79 Å². The quantitative estimate of drug-likeness (QED) is 0.626. The van der Waals surface area contributed by atoms with Crippen molar-refractivity contribution in [2.45, 2.75) is 26.7 Å². The minimum Gasteiger partial charge on any atom is -0.380 e. The molecule has 0 aromatic carbocycles. The van der Waals surface area contributed by atoms with Gasteiger partial charge in [-0.1, -0.05) is 13.8 Å². The number of carbonyl (C=O) groups excluding carboxylic acids is 1. The number of Topliss-reactive ketones (excluding diaryl/α,β-unsaturated/α-hetero) is 1. The largest absolute Gasteiger partial charge is 0.380 e. The molecule has 0 unspecified atom stereocenters. The molecule has 0 amide bonds. The lowest BCUT2D eigenvalue weighted by Gasteiger charge is -2.53. The van der Waals surface area contributed by atoms with Gasteiger partial charge in [0.1, 0.15) is 5.78 Å². The van der Waals surface area contributed by atoms with Crippen LogP contribution in [-0.2, 0) is 9.53 Å². The van der Waals surface area contributed by atoms with Gasteiger partial charge in [0.2, 0.25) is 0 Å². The van der Waals surface area contributed by atoms with E-state index < -0.39 is 0 Å². The second kappa shape index (κ2) is 2.56. The van der Waals surface area contributed by atoms with E-state index in [-0.39, 0.29) is 5.92 Å². The molecule has 2 rings (SSSR count). The van der Waals surface area contributed by atoms with Crippen LogP contribution in [0.25, 0.3) is 0 Å². The summed E-state index contributed by atoms with van der Waals surface area (Å²) in [4.78, 5) is 11.5. The zero-order chi connectivity index (χ0) is 8.77. The van der Waals surface area contributed by atoms with Crippen molar-refractivity contribution in [2.75, 3.05) is 13.2 Å².